The van der Waals surface area contributed by atoms with Gasteiger partial charge in [-0.3, -0.25) is 9.11 Å². The Morgan fingerprint density at radius 3 is 1.83 bits per heavy atom. The van der Waals surface area contributed by atoms with Gasteiger partial charge in [0.15, 0.2) is 0 Å². The van der Waals surface area contributed by atoms with Crippen LogP contribution in [-0.2, 0) is 10.4 Å². The molecule has 8 heteroatoms. The second kappa shape index (κ2) is 8.37. The standard InChI is InChI=1S/C10H16AsNO.H2O4S/c1-3-11(4-2)12-9-5-7-10(13)8-6-9;1-5(2,3)4/h5-8,12-13H,3-4H2,1-2H3;(H2,1,2,3,4). The molecule has 0 heterocycles. The zero-order valence-corrected chi connectivity index (χ0v) is 12.9. The minimum atomic E-state index is -4.67. The fraction of sp³-hybridized carbons (Fsp3) is 0.400. The summed E-state index contributed by atoms with van der Waals surface area (Å²) in [6.07, 6.45) is 0. The molecular formula is C10H18AsNO5S. The summed E-state index contributed by atoms with van der Waals surface area (Å²) < 4.78 is 35.1. The molecular weight excluding hydrogens is 321 g/mol. The fourth-order valence-corrected chi connectivity index (χ4v) is 3.78. The van der Waals surface area contributed by atoms with Crippen molar-refractivity contribution in [1.29, 1.82) is 0 Å². The Bertz CT molecular complexity index is 422. The number of rotatable bonds is 4. The van der Waals surface area contributed by atoms with Gasteiger partial charge in [-0.15, -0.1) is 0 Å². The van der Waals surface area contributed by atoms with Crippen LogP contribution in [0, 0.1) is 0 Å². The van der Waals surface area contributed by atoms with E-state index in [1.165, 1.54) is 10.4 Å². The summed E-state index contributed by atoms with van der Waals surface area (Å²) in [5.41, 5.74) is 1.14. The minimum absolute atomic E-state index is 0.331. The molecule has 1 aromatic carbocycles. The molecule has 0 aromatic heterocycles. The third kappa shape index (κ3) is 10.4. The van der Waals surface area contributed by atoms with Gasteiger partial charge in [-0.2, -0.15) is 8.42 Å². The van der Waals surface area contributed by atoms with E-state index in [0.717, 1.165) is 5.69 Å². The molecule has 0 spiro atoms. The fourth-order valence-electron chi connectivity index (χ4n) is 1.10. The molecule has 0 radical (unpaired) electrons. The second-order valence-electron chi connectivity index (χ2n) is 3.28. The van der Waals surface area contributed by atoms with Crippen LogP contribution in [0.2, 0.25) is 10.4 Å². The Morgan fingerprint density at radius 1 is 1.11 bits per heavy atom. The zero-order valence-electron chi connectivity index (χ0n) is 10.2. The second-order valence-corrected chi connectivity index (χ2v) is 9.56. The van der Waals surface area contributed by atoms with E-state index in [9.17, 15) is 0 Å². The summed E-state index contributed by atoms with van der Waals surface area (Å²) in [7, 11) is -4.67. The van der Waals surface area contributed by atoms with Crippen molar-refractivity contribution >= 4 is 31.0 Å². The van der Waals surface area contributed by atoms with Crippen molar-refractivity contribution in [2.75, 3.05) is 4.23 Å². The summed E-state index contributed by atoms with van der Waals surface area (Å²) in [4.78, 5) is 0. The Labute approximate surface area is 112 Å². The maximum Gasteiger partial charge on any atom is 0.394 e. The molecule has 104 valence electrons. The van der Waals surface area contributed by atoms with E-state index in [1.807, 2.05) is 12.1 Å². The summed E-state index contributed by atoms with van der Waals surface area (Å²) in [6, 6.07) is 7.31. The predicted octanol–water partition coefficient (Wildman–Crippen LogP) is 2.18. The molecule has 18 heavy (non-hydrogen) atoms. The maximum absolute atomic E-state index is 9.09. The van der Waals surface area contributed by atoms with Crippen LogP contribution in [0.15, 0.2) is 24.3 Å². The van der Waals surface area contributed by atoms with Crippen LogP contribution in [0.4, 0.5) is 5.69 Å². The summed E-state index contributed by atoms with van der Waals surface area (Å²) in [5.74, 6) is 0.331. The van der Waals surface area contributed by atoms with Crippen molar-refractivity contribution in [2.24, 2.45) is 0 Å². The molecule has 0 atom stereocenters. The quantitative estimate of drug-likeness (QED) is 0.381. The van der Waals surface area contributed by atoms with Gasteiger partial charge in [0.1, 0.15) is 0 Å². The van der Waals surface area contributed by atoms with Crippen LogP contribution in [0.1, 0.15) is 13.8 Å². The van der Waals surface area contributed by atoms with E-state index in [2.05, 4.69) is 18.1 Å². The van der Waals surface area contributed by atoms with E-state index in [-0.39, 0.29) is 0 Å². The van der Waals surface area contributed by atoms with Crippen LogP contribution >= 0.6 is 0 Å². The van der Waals surface area contributed by atoms with Crippen molar-refractivity contribution in [3.63, 3.8) is 0 Å². The van der Waals surface area contributed by atoms with Crippen molar-refractivity contribution < 1.29 is 22.6 Å². The van der Waals surface area contributed by atoms with Gasteiger partial charge >= 0.3 is 94.6 Å². The molecule has 0 unspecified atom stereocenters. The molecule has 0 bridgehead atoms. The van der Waals surface area contributed by atoms with Gasteiger partial charge in [0, 0.05) is 0 Å². The van der Waals surface area contributed by atoms with Crippen LogP contribution in [-0.4, -0.2) is 37.5 Å². The number of phenols is 1. The van der Waals surface area contributed by atoms with Gasteiger partial charge in [0.2, 0.25) is 0 Å². The largest absolute Gasteiger partial charge is 0.394 e. The molecule has 0 aliphatic rings. The summed E-state index contributed by atoms with van der Waals surface area (Å²) in [6.45, 7) is 4.47. The van der Waals surface area contributed by atoms with Gasteiger partial charge in [-0.1, -0.05) is 0 Å². The predicted molar refractivity (Wildman–Crippen MR) is 72.6 cm³/mol. The topological polar surface area (TPSA) is 107 Å². The third-order valence-electron chi connectivity index (χ3n) is 1.92. The van der Waals surface area contributed by atoms with E-state index < -0.39 is 25.3 Å². The molecule has 0 saturated heterocycles. The SMILES string of the molecule is CC[As](CC)Nc1ccc(O)cc1.O=S(=O)(O)O. The van der Waals surface area contributed by atoms with Gasteiger partial charge in [0.25, 0.3) is 0 Å². The minimum Gasteiger partial charge on any atom is -0.264 e. The Morgan fingerprint density at radius 2 is 1.50 bits per heavy atom. The molecule has 1 aromatic rings. The number of anilines is 1. The summed E-state index contributed by atoms with van der Waals surface area (Å²) in [5, 5.41) is 11.6. The number of benzene rings is 1. The zero-order chi connectivity index (χ0) is 14.2. The number of hydrogen-bond acceptors (Lipinski definition) is 4. The molecule has 1 rings (SSSR count). The van der Waals surface area contributed by atoms with Crippen LogP contribution < -0.4 is 4.23 Å². The number of aromatic hydroxyl groups is 1. The first-order valence-corrected chi connectivity index (χ1v) is 10.3. The van der Waals surface area contributed by atoms with Crippen LogP contribution in [0.3, 0.4) is 0 Å². The molecule has 0 aliphatic heterocycles. The van der Waals surface area contributed by atoms with Crippen molar-refractivity contribution in [1.82, 2.24) is 0 Å². The average molecular weight is 339 g/mol. The van der Waals surface area contributed by atoms with E-state index in [0.29, 0.717) is 5.75 Å². The van der Waals surface area contributed by atoms with Gasteiger partial charge in [0.05, 0.1) is 0 Å². The van der Waals surface area contributed by atoms with E-state index in [1.54, 1.807) is 12.1 Å². The van der Waals surface area contributed by atoms with E-state index in [4.69, 9.17) is 22.6 Å². The maximum atomic E-state index is 9.09. The molecule has 4 N–H and O–H groups in total. The number of phenolic OH excluding ortho intramolecular Hbond substituents is 1. The Balaban J connectivity index is 0.000000494. The van der Waals surface area contributed by atoms with Crippen LogP contribution in [0.5, 0.6) is 5.75 Å². The van der Waals surface area contributed by atoms with Crippen molar-refractivity contribution in [2.45, 2.75) is 24.3 Å². The number of hydrogen-bond donors (Lipinski definition) is 4. The molecule has 0 amide bonds. The van der Waals surface area contributed by atoms with Gasteiger partial charge in [-0.05, 0) is 0 Å². The Kier molecular flexibility index (Phi) is 8.02. The first-order chi connectivity index (χ1) is 8.26. The van der Waals surface area contributed by atoms with Gasteiger partial charge in [-0.25, -0.2) is 0 Å². The normalized spacial score (nSPS) is 10.7. The summed E-state index contributed by atoms with van der Waals surface area (Å²) >= 11 is -0.831. The first kappa shape index (κ1) is 17.2. The van der Waals surface area contributed by atoms with Crippen molar-refractivity contribution in [3.05, 3.63) is 24.3 Å². The molecule has 0 saturated carbocycles. The Hall–Kier alpha value is -0.752. The monoisotopic (exact) mass is 339 g/mol. The van der Waals surface area contributed by atoms with Gasteiger partial charge < -0.3 is 0 Å². The number of nitrogens with one attached hydrogen (secondary N) is 1. The smallest absolute Gasteiger partial charge is 0.264 e. The van der Waals surface area contributed by atoms with Crippen molar-refractivity contribution in [3.8, 4) is 5.75 Å². The average Bonchev–Trinajstić information content (AvgIpc) is 2.26. The third-order valence-corrected chi connectivity index (χ3v) is 6.33. The molecule has 0 aliphatic carbocycles. The molecule has 0 fully saturated rings. The first-order valence-electron chi connectivity index (χ1n) is 5.26. The van der Waals surface area contributed by atoms with Crippen LogP contribution in [0.25, 0.3) is 0 Å². The van der Waals surface area contributed by atoms with E-state index >= 15 is 0 Å². The molecule has 6 nitrogen and oxygen atoms in total.